The molecule has 1 aliphatic carbocycles. The zero-order valence-electron chi connectivity index (χ0n) is 19.8. The summed E-state index contributed by atoms with van der Waals surface area (Å²) >= 11 is 0. The van der Waals surface area contributed by atoms with Crippen LogP contribution in [-0.4, -0.2) is 62.6 Å². The Labute approximate surface area is 199 Å². The number of imidazole rings is 1. The highest BCUT2D eigenvalue weighted by Crippen LogP contribution is 2.34. The Morgan fingerprint density at radius 2 is 1.94 bits per heavy atom. The predicted molar refractivity (Wildman–Crippen MR) is 130 cm³/mol. The van der Waals surface area contributed by atoms with E-state index in [9.17, 15) is 5.11 Å². The van der Waals surface area contributed by atoms with E-state index in [0.29, 0.717) is 25.1 Å². The third-order valence-corrected chi connectivity index (χ3v) is 6.35. The smallest absolute Gasteiger partial charge is 0.225 e. The number of aliphatic hydroxyl groups is 1. The fourth-order valence-corrected chi connectivity index (χ4v) is 4.52. The second kappa shape index (κ2) is 9.61. The monoisotopic (exact) mass is 461 g/mol. The van der Waals surface area contributed by atoms with Crippen LogP contribution in [0.3, 0.4) is 0 Å². The van der Waals surface area contributed by atoms with Gasteiger partial charge < -0.3 is 24.0 Å². The van der Waals surface area contributed by atoms with Crippen LogP contribution < -0.4 is 9.64 Å². The molecule has 34 heavy (non-hydrogen) atoms. The number of hydrogen-bond acceptors (Lipinski definition) is 7. The summed E-state index contributed by atoms with van der Waals surface area (Å²) in [4.78, 5) is 16.0. The molecule has 8 nitrogen and oxygen atoms in total. The van der Waals surface area contributed by atoms with Crippen LogP contribution in [0.1, 0.15) is 51.1 Å². The van der Waals surface area contributed by atoms with E-state index in [0.717, 1.165) is 61.1 Å². The third-order valence-electron chi connectivity index (χ3n) is 6.35. The van der Waals surface area contributed by atoms with Crippen LogP contribution in [-0.2, 0) is 4.74 Å². The molecule has 5 rings (SSSR count). The van der Waals surface area contributed by atoms with E-state index in [1.54, 1.807) is 20.0 Å². The van der Waals surface area contributed by atoms with E-state index in [1.165, 1.54) is 0 Å². The van der Waals surface area contributed by atoms with Crippen LogP contribution in [0.2, 0.25) is 0 Å². The maximum absolute atomic E-state index is 9.98. The first kappa shape index (κ1) is 22.6. The quantitative estimate of drug-likeness (QED) is 0.597. The van der Waals surface area contributed by atoms with Gasteiger partial charge in [0.15, 0.2) is 0 Å². The number of nitrogens with zero attached hydrogens (tertiary/aromatic N) is 5. The van der Waals surface area contributed by atoms with Crippen molar-refractivity contribution in [1.82, 2.24) is 19.5 Å². The molecule has 4 heterocycles. The van der Waals surface area contributed by atoms with Crippen LogP contribution in [0.4, 0.5) is 5.82 Å². The average Bonchev–Trinajstić information content (AvgIpc) is 3.38. The maximum Gasteiger partial charge on any atom is 0.225 e. The first-order valence-corrected chi connectivity index (χ1v) is 12.0. The van der Waals surface area contributed by atoms with Gasteiger partial charge >= 0.3 is 0 Å². The van der Waals surface area contributed by atoms with Gasteiger partial charge in [-0.1, -0.05) is 11.8 Å². The molecule has 3 aromatic rings. The van der Waals surface area contributed by atoms with Crippen molar-refractivity contribution < 1.29 is 14.6 Å². The summed E-state index contributed by atoms with van der Waals surface area (Å²) in [6, 6.07) is 4.44. The number of hydrogen-bond donors (Lipinski definition) is 1. The molecule has 0 radical (unpaired) electrons. The van der Waals surface area contributed by atoms with Crippen LogP contribution in [0.15, 0.2) is 37.1 Å². The van der Waals surface area contributed by atoms with E-state index in [2.05, 4.69) is 31.3 Å². The van der Waals surface area contributed by atoms with Gasteiger partial charge in [0, 0.05) is 49.4 Å². The molecule has 0 spiro atoms. The summed E-state index contributed by atoms with van der Waals surface area (Å²) in [5.41, 5.74) is 0.484. The number of rotatable bonds is 4. The van der Waals surface area contributed by atoms with Gasteiger partial charge in [0.25, 0.3) is 0 Å². The van der Waals surface area contributed by atoms with Gasteiger partial charge in [-0.25, -0.2) is 4.98 Å². The van der Waals surface area contributed by atoms with Crippen molar-refractivity contribution in [2.45, 2.75) is 57.3 Å². The molecular weight excluding hydrogens is 430 g/mol. The van der Waals surface area contributed by atoms with Gasteiger partial charge in [-0.2, -0.15) is 4.98 Å². The molecular formula is C26H31N5O3. The maximum atomic E-state index is 9.98. The van der Waals surface area contributed by atoms with Crippen molar-refractivity contribution in [2.24, 2.45) is 0 Å². The van der Waals surface area contributed by atoms with Crippen molar-refractivity contribution >= 4 is 16.7 Å². The lowest BCUT2D eigenvalue weighted by molar-refractivity contribution is 0.121. The largest absolute Gasteiger partial charge is 0.474 e. The predicted octanol–water partition coefficient (Wildman–Crippen LogP) is 3.35. The Kier molecular flexibility index (Phi) is 6.40. The van der Waals surface area contributed by atoms with Gasteiger partial charge in [-0.05, 0) is 45.6 Å². The van der Waals surface area contributed by atoms with Crippen molar-refractivity contribution in [1.29, 1.82) is 0 Å². The molecule has 178 valence electrons. The lowest BCUT2D eigenvalue weighted by Gasteiger charge is -2.31. The third kappa shape index (κ3) is 5.32. The van der Waals surface area contributed by atoms with Crippen LogP contribution in [0, 0.1) is 11.8 Å². The second-order valence-corrected chi connectivity index (χ2v) is 9.54. The van der Waals surface area contributed by atoms with Gasteiger partial charge in [-0.15, -0.1) is 0 Å². The number of ether oxygens (including phenoxy) is 2. The Bertz CT molecular complexity index is 1180. The second-order valence-electron chi connectivity index (χ2n) is 9.54. The molecule has 2 aliphatic rings. The summed E-state index contributed by atoms with van der Waals surface area (Å²) in [7, 11) is 0. The number of fused-ring (bicyclic) bond motifs is 1. The molecule has 0 amide bonds. The van der Waals surface area contributed by atoms with E-state index in [4.69, 9.17) is 14.5 Å². The molecule has 1 saturated carbocycles. The van der Waals surface area contributed by atoms with Crippen molar-refractivity contribution in [3.63, 3.8) is 0 Å². The van der Waals surface area contributed by atoms with Gasteiger partial charge in [0.2, 0.25) is 5.88 Å². The van der Waals surface area contributed by atoms with Crippen LogP contribution >= 0.6 is 0 Å². The molecule has 0 bridgehead atoms. The number of morpholine rings is 1. The van der Waals surface area contributed by atoms with E-state index in [1.807, 2.05) is 30.9 Å². The van der Waals surface area contributed by atoms with Gasteiger partial charge in [0.05, 0.1) is 30.4 Å². The zero-order chi connectivity index (χ0) is 23.5. The number of aromatic nitrogens is 4. The Balaban J connectivity index is 1.43. The summed E-state index contributed by atoms with van der Waals surface area (Å²) in [5.74, 6) is 7.35. The van der Waals surface area contributed by atoms with E-state index < -0.39 is 5.60 Å². The van der Waals surface area contributed by atoms with Gasteiger partial charge in [-0.3, -0.25) is 4.98 Å². The minimum atomic E-state index is -1.07. The number of pyridine rings is 2. The van der Waals surface area contributed by atoms with Crippen LogP contribution in [0.5, 0.6) is 5.88 Å². The van der Waals surface area contributed by atoms with Gasteiger partial charge in [0.1, 0.15) is 17.5 Å². The minimum Gasteiger partial charge on any atom is -0.474 e. The molecule has 2 fully saturated rings. The number of anilines is 1. The highest BCUT2D eigenvalue weighted by molar-refractivity contribution is 5.87. The van der Waals surface area contributed by atoms with Crippen LogP contribution in [0.25, 0.3) is 10.9 Å². The summed E-state index contributed by atoms with van der Waals surface area (Å²) in [6.07, 6.45) is 11.6. The normalized spacial score (nSPS) is 21.2. The summed E-state index contributed by atoms with van der Waals surface area (Å²) in [6.45, 7) is 6.30. The summed E-state index contributed by atoms with van der Waals surface area (Å²) < 4.78 is 14.2. The molecule has 0 aromatic carbocycles. The van der Waals surface area contributed by atoms with Crippen molar-refractivity contribution in [2.75, 3.05) is 31.2 Å². The SMILES string of the molecule is CC(C)(O)C#Cc1cnc2cc(N3CCOCC3)nc(O[C@H]3CC[C@@H](n4ccnc4)CC3)c2c1. The average molecular weight is 462 g/mol. The highest BCUT2D eigenvalue weighted by Gasteiger charge is 2.25. The fraction of sp³-hybridized carbons (Fsp3) is 0.500. The van der Waals surface area contributed by atoms with E-state index >= 15 is 0 Å². The summed E-state index contributed by atoms with van der Waals surface area (Å²) in [5, 5.41) is 10.8. The molecule has 0 unspecified atom stereocenters. The Morgan fingerprint density at radius 1 is 1.15 bits per heavy atom. The van der Waals surface area contributed by atoms with Crippen molar-refractivity contribution in [3.05, 3.63) is 42.6 Å². The highest BCUT2D eigenvalue weighted by atomic mass is 16.5. The van der Waals surface area contributed by atoms with Crippen molar-refractivity contribution in [3.8, 4) is 17.7 Å². The Morgan fingerprint density at radius 3 is 2.65 bits per heavy atom. The fourth-order valence-electron chi connectivity index (χ4n) is 4.52. The lowest BCUT2D eigenvalue weighted by Crippen LogP contribution is -2.36. The lowest BCUT2D eigenvalue weighted by atomic mass is 9.93. The molecule has 1 N–H and O–H groups in total. The standard InChI is InChI=1S/C26H31N5O3/c1-26(2,32)8-7-19-15-22-23(28-17-19)16-24(30-11-13-33-14-12-30)29-25(22)34-21-5-3-20(4-6-21)31-10-9-27-18-31/h9-10,15-18,20-21,32H,3-6,11-14H2,1-2H3/t20-,21+. The minimum absolute atomic E-state index is 0.0986. The Hall–Kier alpha value is -3.15. The topological polar surface area (TPSA) is 85.5 Å². The first-order chi connectivity index (χ1) is 16.4. The molecule has 8 heteroatoms. The molecule has 1 saturated heterocycles. The zero-order valence-corrected chi connectivity index (χ0v) is 19.8. The molecule has 3 aromatic heterocycles. The van der Waals surface area contributed by atoms with E-state index in [-0.39, 0.29) is 6.10 Å². The first-order valence-electron chi connectivity index (χ1n) is 12.0. The molecule has 1 aliphatic heterocycles. The molecule has 0 atom stereocenters.